The molecule has 1 aromatic rings. The highest BCUT2D eigenvalue weighted by Gasteiger charge is 2.10. The van der Waals surface area contributed by atoms with Crippen molar-refractivity contribution in [1.82, 2.24) is 10.3 Å². The molecule has 6 heteroatoms. The molecule has 1 unspecified atom stereocenters. The van der Waals surface area contributed by atoms with Crippen LogP contribution in [0, 0.1) is 0 Å². The van der Waals surface area contributed by atoms with Gasteiger partial charge in [-0.15, -0.1) is 0 Å². The lowest BCUT2D eigenvalue weighted by molar-refractivity contribution is 0.0909. The van der Waals surface area contributed by atoms with Crippen LogP contribution in [0.3, 0.4) is 0 Å². The first-order chi connectivity index (χ1) is 8.02. The van der Waals surface area contributed by atoms with Crippen LogP contribution in [0.4, 0.5) is 0 Å². The van der Waals surface area contributed by atoms with E-state index in [0.717, 1.165) is 18.6 Å². The molecule has 0 aliphatic carbocycles. The third kappa shape index (κ3) is 4.28. The number of carbonyl (C=O) groups excluding carboxylic acids is 1. The number of amides is 1. The van der Waals surface area contributed by atoms with Crippen molar-refractivity contribution in [2.45, 2.75) is 25.9 Å². The highest BCUT2D eigenvalue weighted by molar-refractivity contribution is 5.94. The van der Waals surface area contributed by atoms with Crippen molar-refractivity contribution < 1.29 is 15.0 Å². The van der Waals surface area contributed by atoms with Crippen LogP contribution in [-0.2, 0) is 0 Å². The van der Waals surface area contributed by atoms with Gasteiger partial charge in [0, 0.05) is 18.7 Å². The molecule has 0 aliphatic heterocycles. The number of rotatable bonds is 5. The van der Waals surface area contributed by atoms with Crippen molar-refractivity contribution in [1.29, 1.82) is 0 Å². The summed E-state index contributed by atoms with van der Waals surface area (Å²) in [5.74, 6) is -0.863. The Morgan fingerprint density at radius 2 is 2.24 bits per heavy atom. The molecule has 1 heterocycles. The van der Waals surface area contributed by atoms with Crippen molar-refractivity contribution in [3.05, 3.63) is 28.0 Å². The molecule has 0 saturated heterocycles. The molecule has 0 bridgehead atoms. The van der Waals surface area contributed by atoms with Crippen molar-refractivity contribution in [2.24, 2.45) is 0 Å². The number of aliphatic hydroxyl groups is 1. The SMILES string of the molecule is CCCC(O)CNC(=O)c1cc(O)[nH]c(=O)c1. The molecule has 6 nitrogen and oxygen atoms in total. The fourth-order valence-corrected chi connectivity index (χ4v) is 1.41. The maximum Gasteiger partial charge on any atom is 0.251 e. The maximum atomic E-state index is 11.6. The van der Waals surface area contributed by atoms with Gasteiger partial charge in [0.1, 0.15) is 0 Å². The molecule has 0 fully saturated rings. The Bertz CT molecular complexity index is 441. The molecular weight excluding hydrogens is 224 g/mol. The molecule has 1 amide bonds. The predicted molar refractivity (Wildman–Crippen MR) is 62.0 cm³/mol. The first-order valence-electron chi connectivity index (χ1n) is 5.42. The number of aromatic nitrogens is 1. The number of nitrogens with one attached hydrogen (secondary N) is 2. The van der Waals surface area contributed by atoms with E-state index in [0.29, 0.717) is 6.42 Å². The fourth-order valence-electron chi connectivity index (χ4n) is 1.41. The van der Waals surface area contributed by atoms with Gasteiger partial charge in [-0.25, -0.2) is 0 Å². The Labute approximate surface area is 98.3 Å². The number of aromatic amines is 1. The molecule has 17 heavy (non-hydrogen) atoms. The van der Waals surface area contributed by atoms with Gasteiger partial charge in [-0.1, -0.05) is 13.3 Å². The van der Waals surface area contributed by atoms with Gasteiger partial charge in [-0.2, -0.15) is 0 Å². The van der Waals surface area contributed by atoms with Gasteiger partial charge in [0.2, 0.25) is 0 Å². The lowest BCUT2D eigenvalue weighted by Gasteiger charge is -2.10. The van der Waals surface area contributed by atoms with Gasteiger partial charge in [-0.3, -0.25) is 14.6 Å². The first kappa shape index (κ1) is 13.2. The molecule has 0 radical (unpaired) electrons. The van der Waals surface area contributed by atoms with E-state index >= 15 is 0 Å². The van der Waals surface area contributed by atoms with Crippen LogP contribution in [0.2, 0.25) is 0 Å². The van der Waals surface area contributed by atoms with Gasteiger partial charge < -0.3 is 15.5 Å². The van der Waals surface area contributed by atoms with E-state index < -0.39 is 17.6 Å². The number of hydrogen-bond donors (Lipinski definition) is 4. The largest absolute Gasteiger partial charge is 0.494 e. The van der Waals surface area contributed by atoms with Crippen LogP contribution in [0.15, 0.2) is 16.9 Å². The fraction of sp³-hybridized carbons (Fsp3) is 0.455. The molecule has 0 saturated carbocycles. The van der Waals surface area contributed by atoms with Crippen molar-refractivity contribution in [3.8, 4) is 5.88 Å². The zero-order valence-electron chi connectivity index (χ0n) is 9.56. The zero-order chi connectivity index (χ0) is 12.8. The standard InChI is InChI=1S/C11H16N2O4/c1-2-3-8(14)6-12-11(17)7-4-9(15)13-10(16)5-7/h4-5,8,14H,2-3,6H2,1H3,(H,12,17)(H2,13,15,16). The van der Waals surface area contributed by atoms with E-state index in [2.05, 4.69) is 10.3 Å². The van der Waals surface area contributed by atoms with Crippen LogP contribution in [0.25, 0.3) is 0 Å². The summed E-state index contributed by atoms with van der Waals surface area (Å²) in [6.45, 7) is 2.06. The second-order valence-electron chi connectivity index (χ2n) is 3.77. The molecular formula is C11H16N2O4. The Morgan fingerprint density at radius 1 is 1.53 bits per heavy atom. The molecule has 1 aromatic heterocycles. The Hall–Kier alpha value is -1.82. The van der Waals surface area contributed by atoms with E-state index in [1.54, 1.807) is 0 Å². The molecule has 4 N–H and O–H groups in total. The van der Waals surface area contributed by atoms with E-state index in [1.165, 1.54) is 0 Å². The van der Waals surface area contributed by atoms with Crippen LogP contribution < -0.4 is 10.9 Å². The summed E-state index contributed by atoms with van der Waals surface area (Å²) in [7, 11) is 0. The van der Waals surface area contributed by atoms with Crippen LogP contribution in [-0.4, -0.2) is 33.8 Å². The van der Waals surface area contributed by atoms with Gasteiger partial charge in [-0.05, 0) is 6.42 Å². The van der Waals surface area contributed by atoms with Gasteiger partial charge >= 0.3 is 0 Å². The average Bonchev–Trinajstić information content (AvgIpc) is 2.25. The summed E-state index contributed by atoms with van der Waals surface area (Å²) >= 11 is 0. The van der Waals surface area contributed by atoms with E-state index in [4.69, 9.17) is 5.11 Å². The van der Waals surface area contributed by atoms with E-state index in [9.17, 15) is 14.7 Å². The number of pyridine rings is 1. The summed E-state index contributed by atoms with van der Waals surface area (Å²) in [6.07, 6.45) is 0.823. The van der Waals surface area contributed by atoms with E-state index in [1.807, 2.05) is 6.92 Å². The lowest BCUT2D eigenvalue weighted by Crippen LogP contribution is -2.32. The van der Waals surface area contributed by atoms with Crippen molar-refractivity contribution in [3.63, 3.8) is 0 Å². The van der Waals surface area contributed by atoms with Crippen molar-refractivity contribution in [2.75, 3.05) is 6.54 Å². The minimum atomic E-state index is -0.598. The van der Waals surface area contributed by atoms with Gasteiger partial charge in [0.05, 0.1) is 11.7 Å². The smallest absolute Gasteiger partial charge is 0.251 e. The topological polar surface area (TPSA) is 102 Å². The Morgan fingerprint density at radius 3 is 2.82 bits per heavy atom. The number of aromatic hydroxyl groups is 1. The predicted octanol–water partition coefficient (Wildman–Crippen LogP) is -0.0287. The number of hydrogen-bond acceptors (Lipinski definition) is 4. The first-order valence-corrected chi connectivity index (χ1v) is 5.42. The molecule has 94 valence electrons. The summed E-state index contributed by atoms with van der Waals surface area (Å²) < 4.78 is 0. The molecule has 0 aromatic carbocycles. The van der Waals surface area contributed by atoms with Crippen LogP contribution in [0.5, 0.6) is 5.88 Å². The number of aliphatic hydroxyl groups excluding tert-OH is 1. The number of H-pyrrole nitrogens is 1. The second-order valence-corrected chi connectivity index (χ2v) is 3.77. The maximum absolute atomic E-state index is 11.6. The third-order valence-corrected chi connectivity index (χ3v) is 2.21. The monoisotopic (exact) mass is 240 g/mol. The normalized spacial score (nSPS) is 12.1. The summed E-state index contributed by atoms with van der Waals surface area (Å²) in [5, 5.41) is 21.0. The Balaban J connectivity index is 2.61. The molecule has 0 spiro atoms. The lowest BCUT2D eigenvalue weighted by atomic mass is 10.2. The van der Waals surface area contributed by atoms with Gasteiger partial charge in [0.25, 0.3) is 11.5 Å². The van der Waals surface area contributed by atoms with Crippen LogP contribution in [0.1, 0.15) is 30.1 Å². The summed E-state index contributed by atoms with van der Waals surface area (Å²) in [6, 6.07) is 2.24. The summed E-state index contributed by atoms with van der Waals surface area (Å²) in [5.41, 5.74) is -0.487. The van der Waals surface area contributed by atoms with Crippen LogP contribution >= 0.6 is 0 Å². The second kappa shape index (κ2) is 6.05. The number of carbonyl (C=O) groups is 1. The van der Waals surface area contributed by atoms with Crippen molar-refractivity contribution >= 4 is 5.91 Å². The molecule has 1 rings (SSSR count). The quantitative estimate of drug-likeness (QED) is 0.580. The third-order valence-electron chi connectivity index (χ3n) is 2.21. The zero-order valence-corrected chi connectivity index (χ0v) is 9.56. The van der Waals surface area contributed by atoms with E-state index in [-0.39, 0.29) is 18.0 Å². The summed E-state index contributed by atoms with van der Waals surface area (Å²) in [4.78, 5) is 24.7. The van der Waals surface area contributed by atoms with Gasteiger partial charge in [0.15, 0.2) is 5.88 Å². The molecule has 1 atom stereocenters. The highest BCUT2D eigenvalue weighted by Crippen LogP contribution is 2.04. The average molecular weight is 240 g/mol. The molecule has 0 aliphatic rings. The minimum Gasteiger partial charge on any atom is -0.494 e. The minimum absolute atomic E-state index is 0.0648. The Kier molecular flexibility index (Phi) is 4.71. The highest BCUT2D eigenvalue weighted by atomic mass is 16.3.